The Balaban J connectivity index is 1.60. The van der Waals surface area contributed by atoms with Crippen LogP contribution < -0.4 is 5.32 Å². The van der Waals surface area contributed by atoms with Crippen LogP contribution in [0.4, 0.5) is 5.69 Å². The predicted octanol–water partition coefficient (Wildman–Crippen LogP) is 3.21. The zero-order chi connectivity index (χ0) is 18.5. The lowest BCUT2D eigenvalue weighted by Crippen LogP contribution is -2.32. The van der Waals surface area contributed by atoms with E-state index in [4.69, 9.17) is 0 Å². The van der Waals surface area contributed by atoms with Gasteiger partial charge in [0.2, 0.25) is 5.91 Å². The lowest BCUT2D eigenvalue weighted by Gasteiger charge is -2.24. The molecule has 0 aliphatic heterocycles. The molecule has 0 spiro atoms. The molecule has 6 nitrogen and oxygen atoms in total. The van der Waals surface area contributed by atoms with Gasteiger partial charge in [0.25, 0.3) is 0 Å². The van der Waals surface area contributed by atoms with Crippen molar-refractivity contribution in [1.29, 1.82) is 0 Å². The number of hydrogen-bond donors (Lipinski definition) is 1. The molecule has 1 amide bonds. The number of aromatic nitrogens is 3. The number of hydrogen-bond acceptors (Lipinski definition) is 4. The Kier molecular flexibility index (Phi) is 5.43. The number of rotatable bonds is 6. The maximum absolute atomic E-state index is 12.3. The molecule has 0 bridgehead atoms. The Morgan fingerprint density at radius 2 is 2.00 bits per heavy atom. The summed E-state index contributed by atoms with van der Waals surface area (Å²) >= 11 is 0. The molecule has 2 aromatic carbocycles. The summed E-state index contributed by atoms with van der Waals surface area (Å²) in [5.74, 6) is -0.0239. The number of likely N-dealkylation sites (N-methyl/N-ethyl adjacent to an activating group) is 1. The van der Waals surface area contributed by atoms with Crippen LogP contribution in [-0.2, 0) is 4.79 Å². The first kappa shape index (κ1) is 17.8. The van der Waals surface area contributed by atoms with E-state index in [2.05, 4.69) is 34.5 Å². The molecule has 26 heavy (non-hydrogen) atoms. The summed E-state index contributed by atoms with van der Waals surface area (Å²) in [6.45, 7) is 4.41. The second-order valence-corrected chi connectivity index (χ2v) is 6.44. The Bertz CT molecular complexity index is 858. The van der Waals surface area contributed by atoms with Crippen LogP contribution in [0.2, 0.25) is 0 Å². The van der Waals surface area contributed by atoms with Crippen molar-refractivity contribution in [2.75, 3.05) is 18.9 Å². The first-order chi connectivity index (χ1) is 12.5. The summed E-state index contributed by atoms with van der Waals surface area (Å²) in [5.41, 5.74) is 4.04. The summed E-state index contributed by atoms with van der Waals surface area (Å²) < 4.78 is 1.72. The molecule has 0 unspecified atom stereocenters. The second-order valence-electron chi connectivity index (χ2n) is 6.44. The number of aryl methyl sites for hydroxylation is 1. The van der Waals surface area contributed by atoms with E-state index < -0.39 is 0 Å². The second kappa shape index (κ2) is 7.93. The fraction of sp³-hybridized carbons (Fsp3) is 0.250. The van der Waals surface area contributed by atoms with Crippen molar-refractivity contribution in [3.8, 4) is 5.69 Å². The largest absolute Gasteiger partial charge is 0.325 e. The SMILES string of the molecule is Cc1cccc(NC(=O)CN(C)[C@H](C)c2ccc(-n3cncn3)cc2)c1. The molecule has 0 fully saturated rings. The summed E-state index contributed by atoms with van der Waals surface area (Å²) in [7, 11) is 1.95. The van der Waals surface area contributed by atoms with E-state index in [9.17, 15) is 4.79 Å². The average molecular weight is 349 g/mol. The minimum Gasteiger partial charge on any atom is -0.325 e. The van der Waals surface area contributed by atoms with Crippen LogP contribution in [0.3, 0.4) is 0 Å². The fourth-order valence-corrected chi connectivity index (χ4v) is 2.79. The number of benzene rings is 2. The normalized spacial score (nSPS) is 12.2. The van der Waals surface area contributed by atoms with E-state index >= 15 is 0 Å². The maximum atomic E-state index is 12.3. The molecular weight excluding hydrogens is 326 g/mol. The molecule has 0 radical (unpaired) electrons. The van der Waals surface area contributed by atoms with Gasteiger partial charge in [-0.05, 0) is 56.3 Å². The first-order valence-corrected chi connectivity index (χ1v) is 8.54. The zero-order valence-electron chi connectivity index (χ0n) is 15.3. The molecule has 1 heterocycles. The van der Waals surface area contributed by atoms with Crippen LogP contribution in [0.1, 0.15) is 24.1 Å². The van der Waals surface area contributed by atoms with E-state index in [-0.39, 0.29) is 11.9 Å². The summed E-state index contributed by atoms with van der Waals surface area (Å²) in [6.07, 6.45) is 3.18. The van der Waals surface area contributed by atoms with E-state index in [0.717, 1.165) is 22.5 Å². The van der Waals surface area contributed by atoms with Gasteiger partial charge in [0.1, 0.15) is 12.7 Å². The van der Waals surface area contributed by atoms with Crippen molar-refractivity contribution in [3.63, 3.8) is 0 Å². The van der Waals surface area contributed by atoms with Gasteiger partial charge in [0, 0.05) is 11.7 Å². The summed E-state index contributed by atoms with van der Waals surface area (Å²) in [5, 5.41) is 7.07. The highest BCUT2D eigenvalue weighted by molar-refractivity contribution is 5.92. The number of amides is 1. The van der Waals surface area contributed by atoms with Crippen molar-refractivity contribution in [3.05, 3.63) is 72.3 Å². The molecule has 1 aromatic heterocycles. The van der Waals surface area contributed by atoms with Gasteiger partial charge in [0.15, 0.2) is 0 Å². The highest BCUT2D eigenvalue weighted by Gasteiger charge is 2.15. The molecule has 0 aliphatic rings. The lowest BCUT2D eigenvalue weighted by molar-refractivity contribution is -0.117. The molecule has 0 aliphatic carbocycles. The third-order valence-electron chi connectivity index (χ3n) is 4.41. The molecule has 3 aromatic rings. The number of nitrogens with zero attached hydrogens (tertiary/aromatic N) is 4. The van der Waals surface area contributed by atoms with Gasteiger partial charge >= 0.3 is 0 Å². The third kappa shape index (κ3) is 4.34. The van der Waals surface area contributed by atoms with Crippen LogP contribution in [0.25, 0.3) is 5.69 Å². The van der Waals surface area contributed by atoms with Crippen molar-refractivity contribution in [2.24, 2.45) is 0 Å². The highest BCUT2D eigenvalue weighted by Crippen LogP contribution is 2.20. The lowest BCUT2D eigenvalue weighted by atomic mass is 10.1. The Labute approximate surface area is 153 Å². The molecule has 0 saturated carbocycles. The molecule has 3 rings (SSSR count). The number of carbonyl (C=O) groups is 1. The van der Waals surface area contributed by atoms with Crippen molar-refractivity contribution in [2.45, 2.75) is 19.9 Å². The minimum atomic E-state index is -0.0239. The smallest absolute Gasteiger partial charge is 0.238 e. The third-order valence-corrected chi connectivity index (χ3v) is 4.41. The highest BCUT2D eigenvalue weighted by atomic mass is 16.2. The monoisotopic (exact) mass is 349 g/mol. The van der Waals surface area contributed by atoms with Gasteiger partial charge in [-0.1, -0.05) is 24.3 Å². The molecule has 134 valence electrons. The Morgan fingerprint density at radius 1 is 1.23 bits per heavy atom. The van der Waals surface area contributed by atoms with Crippen LogP contribution >= 0.6 is 0 Å². The van der Waals surface area contributed by atoms with Gasteiger partial charge in [-0.15, -0.1) is 0 Å². The van der Waals surface area contributed by atoms with E-state index in [1.54, 1.807) is 11.0 Å². The van der Waals surface area contributed by atoms with Gasteiger partial charge in [0.05, 0.1) is 12.2 Å². The number of carbonyl (C=O) groups excluding carboxylic acids is 1. The van der Waals surface area contributed by atoms with Crippen molar-refractivity contribution in [1.82, 2.24) is 19.7 Å². The predicted molar refractivity (Wildman–Crippen MR) is 102 cm³/mol. The Morgan fingerprint density at radius 3 is 2.65 bits per heavy atom. The van der Waals surface area contributed by atoms with E-state index in [0.29, 0.717) is 6.54 Å². The maximum Gasteiger partial charge on any atom is 0.238 e. The topological polar surface area (TPSA) is 63.1 Å². The molecule has 1 N–H and O–H groups in total. The molecule has 0 saturated heterocycles. The van der Waals surface area contributed by atoms with Gasteiger partial charge in [-0.3, -0.25) is 9.69 Å². The molecule has 6 heteroatoms. The first-order valence-electron chi connectivity index (χ1n) is 8.54. The van der Waals surface area contributed by atoms with Gasteiger partial charge in [-0.2, -0.15) is 5.10 Å². The van der Waals surface area contributed by atoms with Crippen molar-refractivity contribution < 1.29 is 4.79 Å². The van der Waals surface area contributed by atoms with Gasteiger partial charge < -0.3 is 5.32 Å². The van der Waals surface area contributed by atoms with Crippen LogP contribution in [0, 0.1) is 6.92 Å². The number of nitrogens with one attached hydrogen (secondary N) is 1. The number of anilines is 1. The van der Waals surface area contributed by atoms with Crippen LogP contribution in [-0.4, -0.2) is 39.2 Å². The van der Waals surface area contributed by atoms with Crippen molar-refractivity contribution >= 4 is 11.6 Å². The summed E-state index contributed by atoms with van der Waals surface area (Å²) in [4.78, 5) is 18.3. The average Bonchev–Trinajstić information content (AvgIpc) is 3.15. The van der Waals surface area contributed by atoms with E-state index in [1.807, 2.05) is 55.3 Å². The van der Waals surface area contributed by atoms with Crippen LogP contribution in [0.15, 0.2) is 61.2 Å². The fourth-order valence-electron chi connectivity index (χ4n) is 2.79. The van der Waals surface area contributed by atoms with Crippen LogP contribution in [0.5, 0.6) is 0 Å². The quantitative estimate of drug-likeness (QED) is 0.742. The molecular formula is C20H23N5O. The molecule has 1 atom stereocenters. The van der Waals surface area contributed by atoms with E-state index in [1.165, 1.54) is 6.33 Å². The standard InChI is InChI=1S/C20H23N5O/c1-15-5-4-6-18(11-15)23-20(26)12-24(3)16(2)17-7-9-19(10-8-17)25-14-21-13-22-25/h4-11,13-14,16H,12H2,1-3H3,(H,23,26)/t16-/m1/s1. The minimum absolute atomic E-state index is 0.0239. The Hall–Kier alpha value is -2.99. The zero-order valence-corrected chi connectivity index (χ0v) is 15.3. The van der Waals surface area contributed by atoms with Gasteiger partial charge in [-0.25, -0.2) is 9.67 Å². The summed E-state index contributed by atoms with van der Waals surface area (Å²) in [6, 6.07) is 16.0.